The van der Waals surface area contributed by atoms with Crippen molar-refractivity contribution in [1.29, 1.82) is 5.41 Å². The first-order chi connectivity index (χ1) is 14.0. The van der Waals surface area contributed by atoms with Crippen LogP contribution in [-0.4, -0.2) is 78.8 Å². The van der Waals surface area contributed by atoms with Crippen molar-refractivity contribution < 1.29 is 38.6 Å². The second-order valence-corrected chi connectivity index (χ2v) is 6.77. The molecule has 0 fully saturated rings. The van der Waals surface area contributed by atoms with Crippen LogP contribution in [0.5, 0.6) is 0 Å². The molecule has 0 radical (unpaired) electrons. The number of aliphatic carboxylic acids is 1. The largest absolute Gasteiger partial charge is 0.481 e. The smallest absolute Gasteiger partial charge is 0.412 e. The van der Waals surface area contributed by atoms with Crippen LogP contribution >= 0.6 is 0 Å². The second-order valence-electron chi connectivity index (χ2n) is 6.77. The van der Waals surface area contributed by atoms with Gasteiger partial charge in [0, 0.05) is 32.9 Å². The van der Waals surface area contributed by atoms with Gasteiger partial charge in [-0.05, 0) is 40.8 Å². The quantitative estimate of drug-likeness (QED) is 0.310. The van der Waals surface area contributed by atoms with Crippen LogP contribution in [-0.2, 0) is 28.7 Å². The number of carbonyl (C=O) groups excluding carboxylic acids is 4. The molecule has 1 unspecified atom stereocenters. The van der Waals surface area contributed by atoms with Gasteiger partial charge in [0.25, 0.3) is 0 Å². The van der Waals surface area contributed by atoms with E-state index in [1.807, 2.05) is 6.79 Å². The van der Waals surface area contributed by atoms with E-state index in [1.54, 1.807) is 27.7 Å². The average molecular weight is 466 g/mol. The van der Waals surface area contributed by atoms with Crippen LogP contribution in [0.3, 0.4) is 0 Å². The number of nitrogens with one attached hydrogen (secondary N) is 2. The highest BCUT2D eigenvalue weighted by Gasteiger charge is 2.25. The van der Waals surface area contributed by atoms with E-state index in [-0.39, 0.29) is 53.2 Å². The van der Waals surface area contributed by atoms with Gasteiger partial charge in [0.1, 0.15) is 19.1 Å². The molecule has 2 amide bonds. The van der Waals surface area contributed by atoms with Crippen LogP contribution in [0.2, 0.25) is 0 Å². The summed E-state index contributed by atoms with van der Waals surface area (Å²) in [6, 6.07) is -0.906. The number of hydrogen-bond acceptors (Lipinski definition) is 8. The Balaban J connectivity index is -0.000000381. The third kappa shape index (κ3) is 23.5. The Bertz CT molecular complexity index is 534. The van der Waals surface area contributed by atoms with Crippen LogP contribution in [0.1, 0.15) is 68.7 Å². The molecule has 0 aromatic rings. The molecule has 0 bridgehead atoms. The fourth-order valence-corrected chi connectivity index (χ4v) is 1.98. The number of carboxylic acid groups (broad SMARTS) is 1. The summed E-state index contributed by atoms with van der Waals surface area (Å²) >= 11 is 0. The Morgan fingerprint density at radius 1 is 1.09 bits per heavy atom. The van der Waals surface area contributed by atoms with E-state index in [0.717, 1.165) is 0 Å². The van der Waals surface area contributed by atoms with E-state index in [9.17, 15) is 19.2 Å². The predicted molar refractivity (Wildman–Crippen MR) is 124 cm³/mol. The Morgan fingerprint density at radius 2 is 1.59 bits per heavy atom. The van der Waals surface area contributed by atoms with E-state index in [0.29, 0.717) is 6.61 Å². The Hall–Kier alpha value is -2.82. The van der Waals surface area contributed by atoms with Gasteiger partial charge in [-0.3, -0.25) is 19.3 Å². The molecule has 0 aliphatic heterocycles. The summed E-state index contributed by atoms with van der Waals surface area (Å²) in [4.78, 5) is 55.8. The highest BCUT2D eigenvalue weighted by atomic mass is 16.6. The predicted octanol–water partition coefficient (Wildman–Crippen LogP) is 2.90. The number of ketones is 1. The minimum Gasteiger partial charge on any atom is -0.481 e. The molecule has 0 aliphatic carbocycles. The van der Waals surface area contributed by atoms with Gasteiger partial charge in [0.2, 0.25) is 5.91 Å². The number of amides is 2. The molecule has 0 saturated carbocycles. The van der Waals surface area contributed by atoms with Crippen molar-refractivity contribution in [2.45, 2.75) is 80.4 Å². The molecule has 11 nitrogen and oxygen atoms in total. The molecule has 0 aromatic heterocycles. The maximum Gasteiger partial charge on any atom is 0.412 e. The molecule has 0 aromatic carbocycles. The van der Waals surface area contributed by atoms with E-state index in [2.05, 4.69) is 12.0 Å². The third-order valence-corrected chi connectivity index (χ3v) is 3.14. The minimum atomic E-state index is -1.06. The van der Waals surface area contributed by atoms with Crippen molar-refractivity contribution in [3.8, 4) is 0 Å². The maximum absolute atomic E-state index is 12.4. The fourth-order valence-electron chi connectivity index (χ4n) is 1.98. The summed E-state index contributed by atoms with van der Waals surface area (Å²) in [7, 11) is 0. The summed E-state index contributed by atoms with van der Waals surface area (Å²) in [5.74, 6) is -1.83. The van der Waals surface area contributed by atoms with Gasteiger partial charge < -0.3 is 30.1 Å². The lowest BCUT2D eigenvalue weighted by molar-refractivity contribution is -0.137. The van der Waals surface area contributed by atoms with Crippen molar-refractivity contribution in [3.05, 3.63) is 0 Å². The molecule has 0 rings (SSSR count). The number of Topliss-reactive ketones (excluding diaryl/α,β-unsaturated/α-hetero) is 1. The standard InChI is InChI=1S/C17H30N2O7.CH3N.CH2O.2CH4/c1-6-25-11-19(16(24)26-17(3,4)5)10-9-14(21)13(18-12(2)20)7-8-15(22)23;2*1-2;;/h13H,6-11H2,1-5H3,(H,18,20)(H,22,23);2H,1H2;1H2;2*1H4. The van der Waals surface area contributed by atoms with Gasteiger partial charge >= 0.3 is 12.1 Å². The van der Waals surface area contributed by atoms with E-state index in [1.165, 1.54) is 11.8 Å². The summed E-state index contributed by atoms with van der Waals surface area (Å²) in [6.07, 6.45) is -0.922. The van der Waals surface area contributed by atoms with Crippen molar-refractivity contribution in [2.75, 3.05) is 19.9 Å². The van der Waals surface area contributed by atoms with E-state index >= 15 is 0 Å². The average Bonchev–Trinajstić information content (AvgIpc) is 2.66. The molecule has 32 heavy (non-hydrogen) atoms. The lowest BCUT2D eigenvalue weighted by Gasteiger charge is -2.27. The molecule has 0 saturated heterocycles. The number of ether oxygens (including phenoxy) is 2. The molecule has 0 aliphatic rings. The van der Waals surface area contributed by atoms with Gasteiger partial charge in [-0.2, -0.15) is 0 Å². The Labute approximate surface area is 192 Å². The lowest BCUT2D eigenvalue weighted by atomic mass is 10.0. The molecular weight excluding hydrogens is 422 g/mol. The number of hydrogen-bond donors (Lipinski definition) is 3. The molecule has 0 spiro atoms. The first-order valence-corrected chi connectivity index (χ1v) is 9.17. The number of nitrogens with zero attached hydrogens (tertiary/aromatic N) is 1. The van der Waals surface area contributed by atoms with Gasteiger partial charge in [-0.1, -0.05) is 14.9 Å². The zero-order chi connectivity index (χ0) is 24.3. The van der Waals surface area contributed by atoms with Crippen molar-refractivity contribution in [1.82, 2.24) is 10.2 Å². The fraction of sp³-hybridized carbons (Fsp3) is 0.714. The maximum atomic E-state index is 12.4. The van der Waals surface area contributed by atoms with Crippen LogP contribution in [0.4, 0.5) is 4.79 Å². The molecular formula is C21H43N3O8. The van der Waals surface area contributed by atoms with Gasteiger partial charge in [0.05, 0.1) is 6.04 Å². The van der Waals surface area contributed by atoms with Crippen molar-refractivity contribution >= 4 is 37.3 Å². The molecule has 0 heterocycles. The van der Waals surface area contributed by atoms with Crippen LogP contribution in [0.25, 0.3) is 0 Å². The zero-order valence-corrected chi connectivity index (χ0v) is 18.5. The monoisotopic (exact) mass is 465 g/mol. The van der Waals surface area contributed by atoms with Gasteiger partial charge in [-0.15, -0.1) is 0 Å². The number of carbonyl (C=O) groups is 5. The van der Waals surface area contributed by atoms with E-state index in [4.69, 9.17) is 24.8 Å². The Morgan fingerprint density at radius 3 is 1.97 bits per heavy atom. The minimum absolute atomic E-state index is 0. The first-order valence-electron chi connectivity index (χ1n) is 9.17. The topological polar surface area (TPSA) is 163 Å². The normalized spacial score (nSPS) is 10.2. The van der Waals surface area contributed by atoms with Crippen LogP contribution < -0.4 is 5.32 Å². The summed E-state index contributed by atoms with van der Waals surface area (Å²) in [5.41, 5.74) is -0.689. The van der Waals surface area contributed by atoms with E-state index < -0.39 is 29.6 Å². The summed E-state index contributed by atoms with van der Waals surface area (Å²) in [5, 5.41) is 16.7. The number of rotatable bonds is 11. The lowest BCUT2D eigenvalue weighted by Crippen LogP contribution is -2.43. The van der Waals surface area contributed by atoms with Gasteiger partial charge in [0.15, 0.2) is 5.78 Å². The SMILES string of the molecule is C.C.C=N.C=O.CCOCN(CCC(=O)C(CCC(=O)O)NC(C)=O)C(=O)OC(C)(C)C. The number of carboxylic acids is 1. The van der Waals surface area contributed by atoms with Crippen LogP contribution in [0, 0.1) is 5.41 Å². The van der Waals surface area contributed by atoms with Crippen molar-refractivity contribution in [2.24, 2.45) is 0 Å². The molecule has 3 N–H and O–H groups in total. The Kier molecular flexibility index (Phi) is 28.3. The molecule has 1 atom stereocenters. The highest BCUT2D eigenvalue weighted by Crippen LogP contribution is 2.11. The summed E-state index contributed by atoms with van der Waals surface area (Å²) in [6.45, 7) is 13.1. The first kappa shape index (κ1) is 39.6. The van der Waals surface area contributed by atoms with Crippen LogP contribution in [0.15, 0.2) is 0 Å². The third-order valence-electron chi connectivity index (χ3n) is 3.14. The van der Waals surface area contributed by atoms with Gasteiger partial charge in [-0.25, -0.2) is 4.79 Å². The summed E-state index contributed by atoms with van der Waals surface area (Å²) < 4.78 is 10.5. The van der Waals surface area contributed by atoms with Crippen molar-refractivity contribution in [3.63, 3.8) is 0 Å². The highest BCUT2D eigenvalue weighted by molar-refractivity contribution is 5.89. The molecule has 190 valence electrons. The molecule has 11 heteroatoms. The zero-order valence-electron chi connectivity index (χ0n) is 18.5. The second kappa shape index (κ2) is 22.9.